The van der Waals surface area contributed by atoms with E-state index in [1.165, 1.54) is 11.2 Å². The lowest BCUT2D eigenvalue weighted by Crippen LogP contribution is -2.40. The van der Waals surface area contributed by atoms with Gasteiger partial charge in [0.05, 0.1) is 12.2 Å². The summed E-state index contributed by atoms with van der Waals surface area (Å²) in [5, 5.41) is 4.96. The van der Waals surface area contributed by atoms with Crippen LogP contribution >= 0.6 is 0 Å². The van der Waals surface area contributed by atoms with Crippen LogP contribution in [0.3, 0.4) is 0 Å². The lowest BCUT2D eigenvalue weighted by molar-refractivity contribution is -0.131. The number of hydrogen-bond donors (Lipinski definition) is 1. The number of benzene rings is 3. The van der Waals surface area contributed by atoms with E-state index >= 15 is 0 Å². The van der Waals surface area contributed by atoms with E-state index in [-0.39, 0.29) is 12.5 Å². The van der Waals surface area contributed by atoms with Crippen molar-refractivity contribution in [2.24, 2.45) is 0 Å². The van der Waals surface area contributed by atoms with Crippen LogP contribution in [0.5, 0.6) is 0 Å². The molecule has 6 heteroatoms. The molecule has 5 rings (SSSR count). The van der Waals surface area contributed by atoms with Gasteiger partial charge in [0.1, 0.15) is 11.8 Å². The van der Waals surface area contributed by atoms with Crippen LogP contribution in [0.25, 0.3) is 22.2 Å². The Morgan fingerprint density at radius 3 is 2.56 bits per heavy atom. The minimum Gasteiger partial charge on any atom is -0.444 e. The first-order chi connectivity index (χ1) is 15.3. The number of amides is 3. The molecule has 1 atom stereocenters. The number of carbonyl (C=O) groups excluding carboxylic acids is 2. The van der Waals surface area contributed by atoms with Crippen LogP contribution in [0.4, 0.5) is 4.79 Å². The Kier molecular flexibility index (Phi) is 4.59. The van der Waals surface area contributed by atoms with Gasteiger partial charge in [-0.2, -0.15) is 0 Å². The highest BCUT2D eigenvalue weighted by Gasteiger charge is 2.49. The zero-order valence-electron chi connectivity index (χ0n) is 18.2. The summed E-state index contributed by atoms with van der Waals surface area (Å²) >= 11 is 0. The van der Waals surface area contributed by atoms with E-state index in [2.05, 4.69) is 16.4 Å². The summed E-state index contributed by atoms with van der Waals surface area (Å²) in [5.41, 5.74) is 3.23. The normalized spacial score (nSPS) is 18.4. The molecule has 1 saturated heterocycles. The van der Waals surface area contributed by atoms with E-state index in [1.54, 1.807) is 6.92 Å². The molecule has 0 aliphatic carbocycles. The second kappa shape index (κ2) is 7.34. The van der Waals surface area contributed by atoms with Crippen LogP contribution in [0.2, 0.25) is 0 Å². The van der Waals surface area contributed by atoms with Crippen molar-refractivity contribution in [3.05, 3.63) is 89.3 Å². The number of fused-ring (bicyclic) bond motifs is 1. The van der Waals surface area contributed by atoms with Gasteiger partial charge >= 0.3 is 6.03 Å². The summed E-state index contributed by atoms with van der Waals surface area (Å²) in [6.45, 7) is 5.81. The fraction of sp³-hybridized carbons (Fsp3) is 0.192. The molecule has 1 unspecified atom stereocenters. The topological polar surface area (TPSA) is 75.4 Å². The highest BCUT2D eigenvalue weighted by Crippen LogP contribution is 2.32. The Morgan fingerprint density at radius 1 is 1.00 bits per heavy atom. The maximum atomic E-state index is 13.3. The molecular formula is C26H23N3O3. The minimum atomic E-state index is -1.14. The van der Waals surface area contributed by atoms with Gasteiger partial charge in [-0.25, -0.2) is 9.78 Å². The lowest BCUT2D eigenvalue weighted by Gasteiger charge is -2.22. The molecule has 0 bridgehead atoms. The molecule has 6 nitrogen and oxygen atoms in total. The number of aryl methyl sites for hydroxylation is 2. The number of carbonyl (C=O) groups is 2. The van der Waals surface area contributed by atoms with Gasteiger partial charge in [-0.3, -0.25) is 9.69 Å². The fourth-order valence-corrected chi connectivity index (χ4v) is 4.26. The van der Waals surface area contributed by atoms with Crippen LogP contribution in [-0.2, 0) is 16.9 Å². The fourth-order valence-electron chi connectivity index (χ4n) is 4.26. The predicted octanol–water partition coefficient (Wildman–Crippen LogP) is 5.08. The average Bonchev–Trinajstić information content (AvgIpc) is 3.32. The van der Waals surface area contributed by atoms with E-state index < -0.39 is 11.6 Å². The molecule has 0 radical (unpaired) electrons. The van der Waals surface area contributed by atoms with Crippen LogP contribution < -0.4 is 5.32 Å². The molecule has 0 saturated carbocycles. The summed E-state index contributed by atoms with van der Waals surface area (Å²) in [6.07, 6.45) is 1.50. The molecule has 160 valence electrons. The van der Waals surface area contributed by atoms with Crippen LogP contribution in [0.1, 0.15) is 29.3 Å². The van der Waals surface area contributed by atoms with Crippen molar-refractivity contribution >= 4 is 22.7 Å². The number of rotatable bonds is 4. The van der Waals surface area contributed by atoms with Gasteiger partial charge in [-0.1, -0.05) is 54.1 Å². The molecule has 0 spiro atoms. The van der Waals surface area contributed by atoms with E-state index in [0.29, 0.717) is 11.6 Å². The largest absolute Gasteiger partial charge is 0.444 e. The summed E-state index contributed by atoms with van der Waals surface area (Å²) in [4.78, 5) is 31.8. The number of nitrogens with zero attached hydrogens (tertiary/aromatic N) is 2. The van der Waals surface area contributed by atoms with E-state index in [4.69, 9.17) is 4.42 Å². The third-order valence-electron chi connectivity index (χ3n) is 6.09. The van der Waals surface area contributed by atoms with Gasteiger partial charge in [-0.05, 0) is 54.8 Å². The molecule has 1 aromatic heterocycles. The third-order valence-corrected chi connectivity index (χ3v) is 6.09. The Bertz CT molecular complexity index is 1370. The Balaban J connectivity index is 1.41. The first-order valence-corrected chi connectivity index (χ1v) is 10.5. The second-order valence-corrected chi connectivity index (χ2v) is 8.47. The van der Waals surface area contributed by atoms with Crippen LogP contribution in [0.15, 0.2) is 71.3 Å². The van der Waals surface area contributed by atoms with Gasteiger partial charge in [0, 0.05) is 5.56 Å². The first kappa shape index (κ1) is 20.0. The minimum absolute atomic E-state index is 0.0439. The average molecular weight is 425 g/mol. The molecule has 4 aromatic rings. The zero-order valence-corrected chi connectivity index (χ0v) is 18.2. The van der Waals surface area contributed by atoms with Crippen molar-refractivity contribution in [3.8, 4) is 11.5 Å². The SMILES string of the molecule is Cc1ccc(-c2nc(CN3C(=O)NC(C)(c4ccc5ccccc5c4)C3=O)co2)c(C)c1. The highest BCUT2D eigenvalue weighted by molar-refractivity contribution is 6.07. The number of aromatic nitrogens is 1. The predicted molar refractivity (Wildman–Crippen MR) is 122 cm³/mol. The first-order valence-electron chi connectivity index (χ1n) is 10.5. The molecule has 2 heterocycles. The molecule has 1 aliphatic heterocycles. The zero-order chi connectivity index (χ0) is 22.5. The molecular weight excluding hydrogens is 402 g/mol. The summed E-state index contributed by atoms with van der Waals surface area (Å²) in [7, 11) is 0. The maximum absolute atomic E-state index is 13.3. The van der Waals surface area contributed by atoms with Crippen molar-refractivity contribution < 1.29 is 14.0 Å². The lowest BCUT2D eigenvalue weighted by atomic mass is 9.90. The number of oxazole rings is 1. The maximum Gasteiger partial charge on any atom is 0.325 e. The third kappa shape index (κ3) is 3.24. The Morgan fingerprint density at radius 2 is 1.78 bits per heavy atom. The number of hydrogen-bond acceptors (Lipinski definition) is 4. The van der Waals surface area contributed by atoms with Gasteiger partial charge in [0.15, 0.2) is 0 Å². The van der Waals surface area contributed by atoms with Gasteiger partial charge in [0.2, 0.25) is 5.89 Å². The van der Waals surface area contributed by atoms with Crippen molar-refractivity contribution in [1.29, 1.82) is 0 Å². The molecule has 32 heavy (non-hydrogen) atoms. The summed E-state index contributed by atoms with van der Waals surface area (Å²) in [5.74, 6) is 0.163. The molecule has 1 N–H and O–H groups in total. The Labute approximate surface area is 185 Å². The van der Waals surface area contributed by atoms with E-state index in [0.717, 1.165) is 33.0 Å². The molecule has 1 fully saturated rings. The van der Waals surface area contributed by atoms with Crippen molar-refractivity contribution in [1.82, 2.24) is 15.2 Å². The van der Waals surface area contributed by atoms with Crippen molar-refractivity contribution in [2.45, 2.75) is 32.9 Å². The smallest absolute Gasteiger partial charge is 0.325 e. The number of nitrogens with one attached hydrogen (secondary N) is 1. The molecule has 1 aliphatic rings. The van der Waals surface area contributed by atoms with Crippen LogP contribution in [-0.4, -0.2) is 21.8 Å². The standard InChI is InChI=1S/C26H23N3O3/c1-16-8-11-22(17(2)12-16)23-27-21(15-32-23)14-29-24(30)26(3,28-25(29)31)20-10-9-18-6-4-5-7-19(18)13-20/h4-13,15H,14H2,1-3H3,(H,28,31). The van der Waals surface area contributed by atoms with Gasteiger partial charge < -0.3 is 9.73 Å². The number of urea groups is 1. The van der Waals surface area contributed by atoms with Gasteiger partial charge in [0.25, 0.3) is 5.91 Å². The molecule has 3 amide bonds. The summed E-state index contributed by atoms with van der Waals surface area (Å²) in [6, 6.07) is 19.3. The summed E-state index contributed by atoms with van der Waals surface area (Å²) < 4.78 is 5.66. The quantitative estimate of drug-likeness (QED) is 0.463. The molecule has 3 aromatic carbocycles. The van der Waals surface area contributed by atoms with Crippen LogP contribution in [0, 0.1) is 13.8 Å². The number of imide groups is 1. The van der Waals surface area contributed by atoms with Crippen molar-refractivity contribution in [2.75, 3.05) is 0 Å². The Hall–Kier alpha value is -3.93. The second-order valence-electron chi connectivity index (χ2n) is 8.47. The van der Waals surface area contributed by atoms with E-state index in [1.807, 2.05) is 68.4 Å². The monoisotopic (exact) mass is 425 g/mol. The van der Waals surface area contributed by atoms with Gasteiger partial charge in [-0.15, -0.1) is 0 Å². The van der Waals surface area contributed by atoms with E-state index in [9.17, 15) is 9.59 Å². The van der Waals surface area contributed by atoms with Crippen molar-refractivity contribution in [3.63, 3.8) is 0 Å². The highest BCUT2D eigenvalue weighted by atomic mass is 16.3.